The lowest BCUT2D eigenvalue weighted by Crippen LogP contribution is -2.25. The van der Waals surface area contributed by atoms with Crippen molar-refractivity contribution in [1.82, 2.24) is 20.1 Å². The minimum Gasteiger partial charge on any atom is -0.345 e. The van der Waals surface area contributed by atoms with E-state index in [2.05, 4.69) is 31.4 Å². The van der Waals surface area contributed by atoms with Gasteiger partial charge in [-0.2, -0.15) is 0 Å². The Bertz CT molecular complexity index is 946. The Balaban J connectivity index is 1.83. The zero-order valence-electron chi connectivity index (χ0n) is 13.5. The number of halogens is 3. The third-order valence-corrected chi connectivity index (χ3v) is 5.26. The van der Waals surface area contributed by atoms with Gasteiger partial charge in [0.25, 0.3) is 5.91 Å². The Morgan fingerprint density at radius 3 is 2.58 bits per heavy atom. The number of amides is 1. The first-order valence-electron chi connectivity index (χ1n) is 7.47. The summed E-state index contributed by atoms with van der Waals surface area (Å²) < 4.78 is 2.88. The number of hydrogen-bond acceptors (Lipinski definition) is 4. The van der Waals surface area contributed by atoms with Crippen LogP contribution in [0.15, 0.2) is 52.1 Å². The average Bonchev–Trinajstić information content (AvgIpc) is 3.03. The summed E-state index contributed by atoms with van der Waals surface area (Å²) in [6, 6.07) is 12.5. The molecule has 0 saturated heterocycles. The predicted octanol–water partition coefficient (Wildman–Crippen LogP) is 4.99. The van der Waals surface area contributed by atoms with Crippen LogP contribution in [0, 0.1) is 0 Å². The number of carbonyl (C=O) groups is 1. The fraction of sp³-hybridized carbons (Fsp3) is 0.118. The van der Waals surface area contributed by atoms with Gasteiger partial charge in [0.2, 0.25) is 0 Å². The van der Waals surface area contributed by atoms with Crippen molar-refractivity contribution in [3.8, 4) is 5.69 Å². The highest BCUT2D eigenvalue weighted by Gasteiger charge is 2.16. The van der Waals surface area contributed by atoms with Crippen LogP contribution in [-0.4, -0.2) is 26.9 Å². The lowest BCUT2D eigenvalue weighted by Gasteiger charge is -2.11. The monoisotopic (exact) mass is 470 g/mol. The lowest BCUT2D eigenvalue weighted by molar-refractivity contribution is 0.0950. The van der Waals surface area contributed by atoms with Crippen LogP contribution < -0.4 is 5.32 Å². The molecule has 0 radical (unpaired) electrons. The zero-order valence-corrected chi connectivity index (χ0v) is 17.5. The first kappa shape index (κ1) is 19.2. The second-order valence-electron chi connectivity index (χ2n) is 5.22. The van der Waals surface area contributed by atoms with Crippen LogP contribution >= 0.6 is 50.9 Å². The van der Waals surface area contributed by atoms with E-state index in [1.165, 1.54) is 17.8 Å². The summed E-state index contributed by atoms with van der Waals surface area (Å²) in [5.74, 6) is 0.317. The SMILES string of the molecule is CSc1nnc(CNC(=O)c2ccc(Cl)cc2Cl)n1-c1ccc(Br)cc1. The molecule has 0 spiro atoms. The Morgan fingerprint density at radius 1 is 1.19 bits per heavy atom. The summed E-state index contributed by atoms with van der Waals surface area (Å²) in [6.07, 6.45) is 1.93. The van der Waals surface area contributed by atoms with E-state index >= 15 is 0 Å². The molecule has 3 aromatic rings. The predicted molar refractivity (Wildman–Crippen MR) is 108 cm³/mol. The minimum atomic E-state index is -0.303. The maximum absolute atomic E-state index is 12.4. The largest absolute Gasteiger partial charge is 0.345 e. The number of carbonyl (C=O) groups excluding carboxylic acids is 1. The normalized spacial score (nSPS) is 10.8. The molecular formula is C17H13BrCl2N4OS. The van der Waals surface area contributed by atoms with Crippen molar-refractivity contribution in [2.45, 2.75) is 11.7 Å². The Labute approximate surface area is 173 Å². The van der Waals surface area contributed by atoms with Gasteiger partial charge in [0.1, 0.15) is 0 Å². The first-order valence-corrected chi connectivity index (χ1v) is 10.2. The van der Waals surface area contributed by atoms with Crippen LogP contribution in [0.25, 0.3) is 5.69 Å². The first-order chi connectivity index (χ1) is 12.5. The third-order valence-electron chi connectivity index (χ3n) is 3.55. The number of hydrogen-bond donors (Lipinski definition) is 1. The van der Waals surface area contributed by atoms with Gasteiger partial charge >= 0.3 is 0 Å². The molecule has 5 nitrogen and oxygen atoms in total. The summed E-state index contributed by atoms with van der Waals surface area (Å²) in [7, 11) is 0. The van der Waals surface area contributed by atoms with Crippen LogP contribution in [0.3, 0.4) is 0 Å². The number of benzene rings is 2. The van der Waals surface area contributed by atoms with E-state index < -0.39 is 0 Å². The fourth-order valence-electron chi connectivity index (χ4n) is 2.32. The highest BCUT2D eigenvalue weighted by molar-refractivity contribution is 9.10. The van der Waals surface area contributed by atoms with E-state index in [4.69, 9.17) is 23.2 Å². The molecule has 0 fully saturated rings. The van der Waals surface area contributed by atoms with Crippen molar-refractivity contribution in [3.63, 3.8) is 0 Å². The van der Waals surface area contributed by atoms with Gasteiger partial charge in [0.15, 0.2) is 11.0 Å². The molecule has 1 aromatic heterocycles. The smallest absolute Gasteiger partial charge is 0.253 e. The van der Waals surface area contributed by atoms with Gasteiger partial charge < -0.3 is 5.32 Å². The molecule has 26 heavy (non-hydrogen) atoms. The molecule has 2 aromatic carbocycles. The number of nitrogens with zero attached hydrogens (tertiary/aromatic N) is 3. The van der Waals surface area contributed by atoms with Crippen LogP contribution in [-0.2, 0) is 6.54 Å². The topological polar surface area (TPSA) is 59.8 Å². The number of rotatable bonds is 5. The maximum atomic E-state index is 12.4. The van der Waals surface area contributed by atoms with E-state index in [0.717, 1.165) is 15.3 Å². The number of aromatic nitrogens is 3. The Kier molecular flexibility index (Phi) is 6.24. The van der Waals surface area contributed by atoms with Crippen molar-refractivity contribution in [1.29, 1.82) is 0 Å². The minimum absolute atomic E-state index is 0.210. The van der Waals surface area contributed by atoms with Gasteiger partial charge in [-0.05, 0) is 48.7 Å². The molecule has 1 N–H and O–H groups in total. The second-order valence-corrected chi connectivity index (χ2v) is 7.75. The maximum Gasteiger partial charge on any atom is 0.253 e. The molecule has 1 heterocycles. The van der Waals surface area contributed by atoms with Crippen LogP contribution in [0.1, 0.15) is 16.2 Å². The van der Waals surface area contributed by atoms with Crippen LogP contribution in [0.5, 0.6) is 0 Å². The van der Waals surface area contributed by atoms with Gasteiger partial charge in [-0.15, -0.1) is 10.2 Å². The third kappa shape index (κ3) is 4.23. The summed E-state index contributed by atoms with van der Waals surface area (Å²) in [5.41, 5.74) is 1.27. The van der Waals surface area contributed by atoms with Crippen LogP contribution in [0.4, 0.5) is 0 Å². The van der Waals surface area contributed by atoms with Gasteiger partial charge in [-0.3, -0.25) is 9.36 Å². The van der Waals surface area contributed by atoms with E-state index in [9.17, 15) is 4.79 Å². The van der Waals surface area contributed by atoms with E-state index in [-0.39, 0.29) is 12.5 Å². The molecule has 0 unspecified atom stereocenters. The molecule has 1 amide bonds. The second kappa shape index (κ2) is 8.43. The average molecular weight is 472 g/mol. The zero-order chi connectivity index (χ0) is 18.7. The molecule has 0 bridgehead atoms. The highest BCUT2D eigenvalue weighted by atomic mass is 79.9. The Hall–Kier alpha value is -1.54. The molecule has 134 valence electrons. The summed E-state index contributed by atoms with van der Waals surface area (Å²) in [6.45, 7) is 0.210. The van der Waals surface area contributed by atoms with Gasteiger partial charge in [0, 0.05) is 15.2 Å². The lowest BCUT2D eigenvalue weighted by atomic mass is 10.2. The van der Waals surface area contributed by atoms with Crippen LogP contribution in [0.2, 0.25) is 10.0 Å². The molecule has 3 rings (SSSR count). The number of thioether (sulfide) groups is 1. The van der Waals surface area contributed by atoms with Crippen molar-refractivity contribution in [3.05, 3.63) is 68.4 Å². The van der Waals surface area contributed by atoms with E-state index in [0.29, 0.717) is 21.4 Å². The molecule has 0 saturated carbocycles. The summed E-state index contributed by atoms with van der Waals surface area (Å²) in [5, 5.41) is 12.7. The van der Waals surface area contributed by atoms with Gasteiger partial charge in [0.05, 0.1) is 17.1 Å². The van der Waals surface area contributed by atoms with Gasteiger partial charge in [-0.25, -0.2) is 0 Å². The quantitative estimate of drug-likeness (QED) is 0.532. The van der Waals surface area contributed by atoms with Gasteiger partial charge in [-0.1, -0.05) is 50.9 Å². The van der Waals surface area contributed by atoms with Crippen molar-refractivity contribution < 1.29 is 4.79 Å². The van der Waals surface area contributed by atoms with E-state index in [1.807, 2.05) is 35.1 Å². The molecule has 0 aliphatic rings. The molecule has 0 aliphatic carbocycles. The standard InChI is InChI=1S/C17H13BrCl2N4OS/c1-26-17-23-22-15(24(17)12-5-2-10(18)3-6-12)9-21-16(25)13-7-4-11(19)8-14(13)20/h2-8H,9H2,1H3,(H,21,25). The molecule has 0 atom stereocenters. The Morgan fingerprint density at radius 2 is 1.92 bits per heavy atom. The number of nitrogens with one attached hydrogen (secondary N) is 1. The molecule has 0 aliphatic heterocycles. The van der Waals surface area contributed by atoms with Crippen molar-refractivity contribution in [2.75, 3.05) is 6.26 Å². The molecular weight excluding hydrogens is 459 g/mol. The summed E-state index contributed by atoms with van der Waals surface area (Å²) >= 11 is 16.9. The highest BCUT2D eigenvalue weighted by Crippen LogP contribution is 2.23. The molecule has 9 heteroatoms. The summed E-state index contributed by atoms with van der Waals surface area (Å²) in [4.78, 5) is 12.4. The fourth-order valence-corrected chi connectivity index (χ4v) is 3.60. The van der Waals surface area contributed by atoms with E-state index in [1.54, 1.807) is 12.1 Å². The van der Waals surface area contributed by atoms with Crippen molar-refractivity contribution in [2.24, 2.45) is 0 Å². The van der Waals surface area contributed by atoms with Crippen molar-refractivity contribution >= 4 is 56.8 Å².